The lowest BCUT2D eigenvalue weighted by Crippen LogP contribution is -2.37. The van der Waals surface area contributed by atoms with Crippen LogP contribution < -0.4 is 9.64 Å². The second kappa shape index (κ2) is 13.9. The maximum absolute atomic E-state index is 13.6. The molecule has 0 radical (unpaired) electrons. The minimum atomic E-state index is -0.421. The van der Waals surface area contributed by atoms with Gasteiger partial charge in [0, 0.05) is 37.1 Å². The summed E-state index contributed by atoms with van der Waals surface area (Å²) in [5, 5.41) is 3.23. The average Bonchev–Trinajstić information content (AvgIpc) is 3.64. The zero-order valence-electron chi connectivity index (χ0n) is 26.3. The largest absolute Gasteiger partial charge is 0.496 e. The molecule has 1 aromatic carbocycles. The van der Waals surface area contributed by atoms with Crippen molar-refractivity contribution >= 4 is 34.5 Å². The van der Waals surface area contributed by atoms with Crippen LogP contribution in [0.3, 0.4) is 0 Å². The molecule has 0 N–H and O–H groups in total. The Labute approximate surface area is 255 Å². The van der Waals surface area contributed by atoms with Crippen molar-refractivity contribution in [2.75, 3.05) is 39.8 Å². The molecule has 4 unspecified atom stereocenters. The smallest absolute Gasteiger partial charge is 0.309 e. The third kappa shape index (κ3) is 6.59. The average molecular weight is 594 g/mol. The first kappa shape index (κ1) is 31.8. The van der Waals surface area contributed by atoms with E-state index in [0.29, 0.717) is 25.3 Å². The minimum Gasteiger partial charge on any atom is -0.496 e. The van der Waals surface area contributed by atoms with Crippen LogP contribution in [0.1, 0.15) is 86.2 Å². The van der Waals surface area contributed by atoms with E-state index in [9.17, 15) is 9.59 Å². The Bertz CT molecular complexity index is 1320. The van der Waals surface area contributed by atoms with E-state index in [1.165, 1.54) is 18.2 Å². The molecule has 1 aliphatic heterocycles. The SMILES string of the molecule is C=CCCCCN(C)C(=O)C1CC(CC2=CC(c3nc(C(C)C)cs3)N(C)c3c2ccc(OC)c3C)CC1C(=O)OC. The molecule has 2 aliphatic rings. The van der Waals surface area contributed by atoms with Gasteiger partial charge in [0.1, 0.15) is 10.8 Å². The number of esters is 1. The summed E-state index contributed by atoms with van der Waals surface area (Å²) in [4.78, 5) is 35.6. The van der Waals surface area contributed by atoms with E-state index in [2.05, 4.69) is 56.8 Å². The van der Waals surface area contributed by atoms with Gasteiger partial charge in [-0.1, -0.05) is 26.0 Å². The Balaban J connectivity index is 1.64. The fraction of sp³-hybridized carbons (Fsp3) is 0.559. The van der Waals surface area contributed by atoms with E-state index in [4.69, 9.17) is 14.5 Å². The molecule has 0 spiro atoms. The molecule has 42 heavy (non-hydrogen) atoms. The second-order valence-electron chi connectivity index (χ2n) is 12.1. The Hall–Kier alpha value is -3.13. The lowest BCUT2D eigenvalue weighted by molar-refractivity contribution is -0.151. The number of amides is 1. The predicted octanol–water partition coefficient (Wildman–Crippen LogP) is 7.18. The van der Waals surface area contributed by atoms with Crippen LogP contribution in [0.2, 0.25) is 0 Å². The molecule has 2 heterocycles. The summed E-state index contributed by atoms with van der Waals surface area (Å²) in [6, 6.07) is 4.18. The highest BCUT2D eigenvalue weighted by Gasteiger charge is 2.45. The van der Waals surface area contributed by atoms with Crippen LogP contribution in [0.4, 0.5) is 5.69 Å². The van der Waals surface area contributed by atoms with Crippen molar-refractivity contribution in [1.29, 1.82) is 0 Å². The number of likely N-dealkylation sites (N-methyl/N-ethyl adjacent to an activating group) is 1. The van der Waals surface area contributed by atoms with Gasteiger partial charge in [0.05, 0.1) is 43.5 Å². The number of aromatic nitrogens is 1. The highest BCUT2D eigenvalue weighted by molar-refractivity contribution is 7.09. The van der Waals surface area contributed by atoms with Gasteiger partial charge in [-0.3, -0.25) is 9.59 Å². The number of carbonyl (C=O) groups excluding carboxylic acids is 2. The normalized spacial score (nSPS) is 21.6. The minimum absolute atomic E-state index is 0.00672. The maximum atomic E-state index is 13.6. The molecule has 0 saturated heterocycles. The Morgan fingerprint density at radius 2 is 1.95 bits per heavy atom. The van der Waals surface area contributed by atoms with Crippen molar-refractivity contribution in [1.82, 2.24) is 9.88 Å². The van der Waals surface area contributed by atoms with Crippen molar-refractivity contribution in [3.8, 4) is 5.75 Å². The highest BCUT2D eigenvalue weighted by atomic mass is 32.1. The third-order valence-electron chi connectivity index (χ3n) is 8.98. The number of thiazole rings is 1. The number of unbranched alkanes of at least 4 members (excludes halogenated alkanes) is 2. The molecule has 1 aromatic heterocycles. The fourth-order valence-electron chi connectivity index (χ4n) is 6.60. The van der Waals surface area contributed by atoms with Crippen molar-refractivity contribution < 1.29 is 19.1 Å². The van der Waals surface area contributed by atoms with Crippen LogP contribution in [-0.4, -0.2) is 56.6 Å². The van der Waals surface area contributed by atoms with Gasteiger partial charge in [-0.25, -0.2) is 4.98 Å². The molecule has 2 aromatic rings. The summed E-state index contributed by atoms with van der Waals surface area (Å²) < 4.78 is 10.9. The molecule has 1 aliphatic carbocycles. The van der Waals surface area contributed by atoms with Crippen LogP contribution in [0, 0.1) is 24.7 Å². The Morgan fingerprint density at radius 1 is 1.21 bits per heavy atom. The Kier molecular flexibility index (Phi) is 10.5. The summed E-state index contributed by atoms with van der Waals surface area (Å²) in [5.74, 6) is 0.392. The zero-order valence-corrected chi connectivity index (χ0v) is 27.1. The van der Waals surface area contributed by atoms with Crippen LogP contribution in [0.5, 0.6) is 5.75 Å². The number of carbonyl (C=O) groups is 2. The number of methoxy groups -OCH3 is 2. The van der Waals surface area contributed by atoms with E-state index in [1.807, 2.05) is 19.2 Å². The Morgan fingerprint density at radius 3 is 2.60 bits per heavy atom. The van der Waals surface area contributed by atoms with Crippen LogP contribution >= 0.6 is 11.3 Å². The first-order valence-corrected chi connectivity index (χ1v) is 16.0. The summed E-state index contributed by atoms with van der Waals surface area (Å²) in [6.07, 6.45) is 9.21. The lowest BCUT2D eigenvalue weighted by Gasteiger charge is -2.36. The quantitative estimate of drug-likeness (QED) is 0.148. The third-order valence-corrected chi connectivity index (χ3v) is 9.91. The predicted molar refractivity (Wildman–Crippen MR) is 171 cm³/mol. The topological polar surface area (TPSA) is 72.0 Å². The molecule has 1 fully saturated rings. The van der Waals surface area contributed by atoms with Crippen molar-refractivity contribution in [3.63, 3.8) is 0 Å². The van der Waals surface area contributed by atoms with Crippen LogP contribution in [0.15, 0.2) is 36.2 Å². The number of anilines is 1. The fourth-order valence-corrected chi connectivity index (χ4v) is 7.69. The van der Waals surface area contributed by atoms with Gasteiger partial charge >= 0.3 is 5.97 Å². The first-order chi connectivity index (χ1) is 20.1. The van der Waals surface area contributed by atoms with Gasteiger partial charge in [0.15, 0.2) is 0 Å². The zero-order chi connectivity index (χ0) is 30.6. The maximum Gasteiger partial charge on any atom is 0.309 e. The summed E-state index contributed by atoms with van der Waals surface area (Å²) in [6.45, 7) is 10.9. The second-order valence-corrected chi connectivity index (χ2v) is 13.0. The van der Waals surface area contributed by atoms with E-state index in [-0.39, 0.29) is 29.8 Å². The van der Waals surface area contributed by atoms with Crippen molar-refractivity contribution in [2.45, 2.75) is 71.3 Å². The number of hydrogen-bond donors (Lipinski definition) is 0. The lowest BCUT2D eigenvalue weighted by atomic mass is 9.86. The van der Waals surface area contributed by atoms with Crippen LogP contribution in [0.25, 0.3) is 5.57 Å². The number of ether oxygens (including phenoxy) is 2. The van der Waals surface area contributed by atoms with Gasteiger partial charge < -0.3 is 19.3 Å². The van der Waals surface area contributed by atoms with Crippen molar-refractivity contribution in [2.24, 2.45) is 17.8 Å². The molecule has 4 rings (SSSR count). The number of hydrogen-bond acceptors (Lipinski definition) is 7. The molecule has 0 bridgehead atoms. The molecule has 1 saturated carbocycles. The van der Waals surface area contributed by atoms with Crippen molar-refractivity contribution in [3.05, 3.63) is 58.1 Å². The van der Waals surface area contributed by atoms with E-state index < -0.39 is 5.92 Å². The molecular formula is C34H47N3O4S. The summed E-state index contributed by atoms with van der Waals surface area (Å²) in [5.41, 5.74) is 5.76. The molecule has 7 nitrogen and oxygen atoms in total. The molecule has 4 atom stereocenters. The van der Waals surface area contributed by atoms with E-state index >= 15 is 0 Å². The van der Waals surface area contributed by atoms with Gasteiger partial charge in [-0.05, 0) is 75.0 Å². The number of rotatable bonds is 12. The van der Waals surface area contributed by atoms with Gasteiger partial charge in [-0.15, -0.1) is 17.9 Å². The monoisotopic (exact) mass is 593 g/mol. The van der Waals surface area contributed by atoms with E-state index in [0.717, 1.165) is 53.4 Å². The number of fused-ring (bicyclic) bond motifs is 1. The number of nitrogens with zero attached hydrogens (tertiary/aromatic N) is 3. The van der Waals surface area contributed by atoms with Crippen LogP contribution in [-0.2, 0) is 14.3 Å². The molecule has 1 amide bonds. The highest BCUT2D eigenvalue weighted by Crippen LogP contribution is 2.49. The van der Waals surface area contributed by atoms with Gasteiger partial charge in [0.2, 0.25) is 5.91 Å². The van der Waals surface area contributed by atoms with Gasteiger partial charge in [0.25, 0.3) is 0 Å². The summed E-state index contributed by atoms with van der Waals surface area (Å²) >= 11 is 1.70. The number of allylic oxidation sites excluding steroid dienone is 2. The van der Waals surface area contributed by atoms with Gasteiger partial charge in [-0.2, -0.15) is 0 Å². The standard InChI is InChI=1S/C34H47N3O4S/c1-9-10-11-12-15-36(5)33(38)26-17-23(18-27(26)34(39)41-8)16-24-19-29(32-35-28(20-42-32)21(2)3)37(6)31-22(4)30(40-7)14-13-25(24)31/h9,13-14,19-21,23,26-27,29H,1,10-12,15-18H2,2-8H3. The number of benzene rings is 1. The molecule has 8 heteroatoms. The van der Waals surface area contributed by atoms with E-state index in [1.54, 1.807) is 23.3 Å². The summed E-state index contributed by atoms with van der Waals surface area (Å²) in [7, 11) is 7.11. The molecule has 228 valence electrons. The first-order valence-electron chi connectivity index (χ1n) is 15.1. The molecular weight excluding hydrogens is 546 g/mol.